The molecule has 3 heteroatoms. The van der Waals surface area contributed by atoms with Crippen molar-refractivity contribution in [3.63, 3.8) is 0 Å². The quantitative estimate of drug-likeness (QED) is 0.831. The fraction of sp³-hybridized carbons (Fsp3) is 0.667. The van der Waals surface area contributed by atoms with Gasteiger partial charge in [-0.2, -0.15) is 0 Å². The number of aryl methyl sites for hydroxylation is 1. The van der Waals surface area contributed by atoms with E-state index in [4.69, 9.17) is 4.74 Å². The second-order valence-corrected chi connectivity index (χ2v) is 8.70. The topological polar surface area (TPSA) is 46.5 Å². The van der Waals surface area contributed by atoms with Gasteiger partial charge in [0, 0.05) is 0 Å². The molecule has 0 heterocycles. The third-order valence-electron chi connectivity index (χ3n) is 6.71. The van der Waals surface area contributed by atoms with Gasteiger partial charge in [0.15, 0.2) is 0 Å². The Morgan fingerprint density at radius 2 is 2.00 bits per heavy atom. The molecule has 0 radical (unpaired) electrons. The van der Waals surface area contributed by atoms with Gasteiger partial charge in [-0.05, 0) is 74.5 Å². The number of rotatable bonds is 2. The summed E-state index contributed by atoms with van der Waals surface area (Å²) >= 11 is 0. The molecule has 1 N–H and O–H groups in total. The zero-order valence-corrected chi connectivity index (χ0v) is 15.6. The Labute approximate surface area is 145 Å². The monoisotopic (exact) mass is 330 g/mol. The largest absolute Gasteiger partial charge is 0.469 e. The van der Waals surface area contributed by atoms with Crippen molar-refractivity contribution in [1.82, 2.24) is 0 Å². The summed E-state index contributed by atoms with van der Waals surface area (Å²) in [5.74, 6) is 0.252. The van der Waals surface area contributed by atoms with Gasteiger partial charge in [-0.25, -0.2) is 0 Å². The molecule has 0 saturated heterocycles. The highest BCUT2D eigenvalue weighted by molar-refractivity contribution is 5.77. The van der Waals surface area contributed by atoms with E-state index in [1.807, 2.05) is 13.8 Å². The van der Waals surface area contributed by atoms with Crippen LogP contribution in [0.2, 0.25) is 0 Å². The van der Waals surface area contributed by atoms with E-state index >= 15 is 0 Å². The first-order valence-corrected chi connectivity index (χ1v) is 9.07. The highest BCUT2D eigenvalue weighted by atomic mass is 16.5. The van der Waals surface area contributed by atoms with E-state index in [-0.39, 0.29) is 11.4 Å². The number of esters is 1. The normalized spacial score (nSPS) is 32.7. The van der Waals surface area contributed by atoms with Gasteiger partial charge in [-0.3, -0.25) is 4.79 Å². The molecule has 0 aliphatic heterocycles. The predicted octanol–water partition coefficient (Wildman–Crippen LogP) is 4.10. The molecule has 0 amide bonds. The smallest absolute Gasteiger partial charge is 0.311 e. The van der Waals surface area contributed by atoms with Crippen molar-refractivity contribution in [2.45, 2.75) is 70.8 Å². The third-order valence-corrected chi connectivity index (χ3v) is 6.71. The second kappa shape index (κ2) is 5.59. The number of ether oxygens (including phenoxy) is 1. The molecule has 2 aliphatic carbocycles. The van der Waals surface area contributed by atoms with Crippen LogP contribution in [0.3, 0.4) is 0 Å². The van der Waals surface area contributed by atoms with Gasteiger partial charge < -0.3 is 9.84 Å². The molecule has 0 aromatic heterocycles. The van der Waals surface area contributed by atoms with E-state index in [1.165, 1.54) is 18.2 Å². The van der Waals surface area contributed by atoms with E-state index in [1.54, 1.807) is 0 Å². The minimum absolute atomic E-state index is 0.00685. The fourth-order valence-electron chi connectivity index (χ4n) is 5.35. The van der Waals surface area contributed by atoms with Crippen molar-refractivity contribution in [2.75, 3.05) is 7.11 Å². The van der Waals surface area contributed by atoms with E-state index in [2.05, 4.69) is 32.0 Å². The van der Waals surface area contributed by atoms with Crippen LogP contribution in [0.1, 0.15) is 70.1 Å². The lowest BCUT2D eigenvalue weighted by Crippen LogP contribution is -2.52. The Hall–Kier alpha value is -1.35. The average Bonchev–Trinajstić information content (AvgIpc) is 2.52. The third kappa shape index (κ3) is 2.48. The van der Waals surface area contributed by atoms with Crippen LogP contribution in [0, 0.1) is 11.3 Å². The first-order valence-electron chi connectivity index (χ1n) is 9.07. The standard InChI is InChI=1S/C21H30O3/c1-19(2,23)15-8-9-16-14(13-15)7-10-17-20(16,3)11-6-12-21(17,4)18(22)24-5/h8-9,13,17,23H,6-7,10-12H2,1-5H3. The van der Waals surface area contributed by atoms with Gasteiger partial charge in [0.05, 0.1) is 18.1 Å². The Bertz CT molecular complexity index is 658. The highest BCUT2D eigenvalue weighted by Gasteiger charge is 2.55. The maximum Gasteiger partial charge on any atom is 0.311 e. The Morgan fingerprint density at radius 3 is 2.62 bits per heavy atom. The highest BCUT2D eigenvalue weighted by Crippen LogP contribution is 2.57. The van der Waals surface area contributed by atoms with Crippen LogP contribution in [0.4, 0.5) is 0 Å². The summed E-state index contributed by atoms with van der Waals surface area (Å²) in [5.41, 5.74) is 2.46. The molecule has 3 nitrogen and oxygen atoms in total. The molecule has 1 fully saturated rings. The summed E-state index contributed by atoms with van der Waals surface area (Å²) in [6.45, 7) is 8.07. The van der Waals surface area contributed by atoms with Crippen LogP contribution in [0.15, 0.2) is 18.2 Å². The molecule has 0 bridgehead atoms. The Morgan fingerprint density at radius 1 is 1.29 bits per heavy atom. The molecule has 3 unspecified atom stereocenters. The SMILES string of the molecule is COC(=O)C1(C)CCCC2(C)c3ccc(C(C)(C)O)cc3CCC12. The second-order valence-electron chi connectivity index (χ2n) is 8.70. The van der Waals surface area contributed by atoms with Gasteiger partial charge in [-0.15, -0.1) is 0 Å². The van der Waals surface area contributed by atoms with E-state index < -0.39 is 11.0 Å². The molecule has 0 spiro atoms. The molecule has 132 valence electrons. The van der Waals surface area contributed by atoms with Crippen LogP contribution in [0.25, 0.3) is 0 Å². The van der Waals surface area contributed by atoms with Gasteiger partial charge in [0.1, 0.15) is 0 Å². The maximum atomic E-state index is 12.5. The molecule has 3 rings (SSSR count). The lowest BCUT2D eigenvalue weighted by atomic mass is 9.49. The summed E-state index contributed by atoms with van der Waals surface area (Å²) in [6.07, 6.45) is 5.04. The number of benzene rings is 1. The van der Waals surface area contributed by atoms with Crippen molar-refractivity contribution in [3.8, 4) is 0 Å². The number of fused-ring (bicyclic) bond motifs is 3. The fourth-order valence-corrected chi connectivity index (χ4v) is 5.35. The zero-order valence-electron chi connectivity index (χ0n) is 15.6. The lowest BCUT2D eigenvalue weighted by molar-refractivity contribution is -0.161. The predicted molar refractivity (Wildman–Crippen MR) is 94.8 cm³/mol. The van der Waals surface area contributed by atoms with E-state index in [0.29, 0.717) is 5.92 Å². The summed E-state index contributed by atoms with van der Waals surface area (Å²) < 4.78 is 5.17. The molecule has 2 aliphatic rings. The van der Waals surface area contributed by atoms with E-state index in [0.717, 1.165) is 37.7 Å². The summed E-state index contributed by atoms with van der Waals surface area (Å²) in [4.78, 5) is 12.5. The van der Waals surface area contributed by atoms with Crippen LogP contribution < -0.4 is 0 Å². The lowest BCUT2D eigenvalue weighted by Gasteiger charge is -2.54. The molecule has 1 aromatic rings. The van der Waals surface area contributed by atoms with Gasteiger partial charge >= 0.3 is 5.97 Å². The summed E-state index contributed by atoms with van der Waals surface area (Å²) in [5, 5.41) is 10.3. The van der Waals surface area contributed by atoms with Crippen LogP contribution >= 0.6 is 0 Å². The van der Waals surface area contributed by atoms with Crippen LogP contribution in [0.5, 0.6) is 0 Å². The van der Waals surface area contributed by atoms with Crippen molar-refractivity contribution >= 4 is 5.97 Å². The van der Waals surface area contributed by atoms with Crippen molar-refractivity contribution < 1.29 is 14.6 Å². The molecule has 24 heavy (non-hydrogen) atoms. The van der Waals surface area contributed by atoms with Gasteiger partial charge in [0.25, 0.3) is 0 Å². The van der Waals surface area contributed by atoms with Crippen molar-refractivity contribution in [1.29, 1.82) is 0 Å². The molecular formula is C21H30O3. The first kappa shape index (κ1) is 17.5. The first-order chi connectivity index (χ1) is 11.1. The number of hydrogen-bond acceptors (Lipinski definition) is 3. The number of hydrogen-bond donors (Lipinski definition) is 1. The maximum absolute atomic E-state index is 12.5. The molecule has 3 atom stereocenters. The molecule has 1 aromatic carbocycles. The number of carbonyl (C=O) groups is 1. The van der Waals surface area contributed by atoms with E-state index in [9.17, 15) is 9.90 Å². The van der Waals surface area contributed by atoms with Crippen molar-refractivity contribution in [2.24, 2.45) is 11.3 Å². The summed E-state index contributed by atoms with van der Waals surface area (Å²) in [7, 11) is 1.51. The zero-order chi connectivity index (χ0) is 17.8. The number of methoxy groups -OCH3 is 1. The summed E-state index contributed by atoms with van der Waals surface area (Å²) in [6, 6.07) is 6.41. The Kier molecular flexibility index (Phi) is 4.07. The van der Waals surface area contributed by atoms with Crippen LogP contribution in [-0.2, 0) is 27.0 Å². The van der Waals surface area contributed by atoms with Gasteiger partial charge in [0.2, 0.25) is 0 Å². The molecule has 1 saturated carbocycles. The van der Waals surface area contributed by atoms with Gasteiger partial charge in [-0.1, -0.05) is 31.5 Å². The minimum Gasteiger partial charge on any atom is -0.469 e. The van der Waals surface area contributed by atoms with Crippen LogP contribution in [-0.4, -0.2) is 18.2 Å². The average molecular weight is 330 g/mol. The number of aliphatic hydroxyl groups is 1. The van der Waals surface area contributed by atoms with Crippen molar-refractivity contribution in [3.05, 3.63) is 34.9 Å². The minimum atomic E-state index is -0.820. The number of carbonyl (C=O) groups excluding carboxylic acids is 1. The molecular weight excluding hydrogens is 300 g/mol. The Balaban J connectivity index is 2.06.